The number of likely N-dealkylation sites (tertiary alicyclic amines) is 1. The number of rotatable bonds is 14. The van der Waals surface area contributed by atoms with Crippen LogP contribution in [0.2, 0.25) is 0 Å². The summed E-state index contributed by atoms with van der Waals surface area (Å²) < 4.78 is -0.840. The minimum absolute atomic E-state index is 0.0671. The van der Waals surface area contributed by atoms with E-state index in [0.717, 1.165) is 24.5 Å². The van der Waals surface area contributed by atoms with Crippen LogP contribution in [0.25, 0.3) is 0 Å². The first kappa shape index (κ1) is 34.3. The molecule has 1 N–H and O–H groups in total. The van der Waals surface area contributed by atoms with E-state index in [0.29, 0.717) is 25.1 Å². The van der Waals surface area contributed by atoms with E-state index in [-0.39, 0.29) is 41.0 Å². The van der Waals surface area contributed by atoms with Crippen LogP contribution in [0.5, 0.6) is 0 Å². The molecule has 7 atom stereocenters. The standard InChI is InChI=1S/C36H45BrN4O4S/c1-6-20-39(26-14-12-11-13-15-26)33(43)29-30-34(44)41(24(8-3)23-42)32(36(30)22-28(37)31(29)46-36)35(45)40(21-7-2)27-18-16-25(17-19-27)38(9-4)10-5/h6-7,11-19,24,28-32,42H,1-2,8-10,20-23H2,3-5H3/t24-,28?,29-,30-,31-,32?,36?/m0/s1. The number of aliphatic hydroxyl groups is 1. The molecule has 3 heterocycles. The Hall–Kier alpha value is -3.08. The van der Waals surface area contributed by atoms with Crippen molar-refractivity contribution >= 4 is 62.5 Å². The van der Waals surface area contributed by atoms with Gasteiger partial charge in [0.15, 0.2) is 0 Å². The average Bonchev–Trinajstić information content (AvgIpc) is 3.67. The number of benzene rings is 2. The third-order valence-electron chi connectivity index (χ3n) is 9.83. The van der Waals surface area contributed by atoms with Gasteiger partial charge in [0.1, 0.15) is 6.04 Å². The second kappa shape index (κ2) is 14.4. The highest BCUT2D eigenvalue weighted by Crippen LogP contribution is 2.68. The van der Waals surface area contributed by atoms with Gasteiger partial charge in [0.25, 0.3) is 5.91 Å². The van der Waals surface area contributed by atoms with Gasteiger partial charge >= 0.3 is 0 Å². The molecule has 5 rings (SSSR count). The lowest BCUT2D eigenvalue weighted by Crippen LogP contribution is -2.58. The molecule has 0 aromatic heterocycles. The number of thioether (sulfide) groups is 1. The highest BCUT2D eigenvalue weighted by atomic mass is 79.9. The van der Waals surface area contributed by atoms with Crippen molar-refractivity contribution in [2.24, 2.45) is 11.8 Å². The van der Waals surface area contributed by atoms with Crippen molar-refractivity contribution in [1.29, 1.82) is 0 Å². The Bertz CT molecular complexity index is 1430. The number of fused-ring (bicyclic) bond motifs is 1. The van der Waals surface area contributed by atoms with Crippen molar-refractivity contribution in [3.05, 3.63) is 79.9 Å². The van der Waals surface area contributed by atoms with Crippen LogP contribution in [0.4, 0.5) is 17.1 Å². The van der Waals surface area contributed by atoms with Crippen LogP contribution < -0.4 is 14.7 Å². The molecule has 2 bridgehead atoms. The molecular formula is C36H45BrN4O4S. The number of halogens is 1. The van der Waals surface area contributed by atoms with E-state index in [1.165, 1.54) is 0 Å². The second-order valence-corrected chi connectivity index (χ2v) is 14.9. The van der Waals surface area contributed by atoms with Crippen LogP contribution in [0, 0.1) is 11.8 Å². The fourth-order valence-electron chi connectivity index (χ4n) is 7.71. The molecule has 1 spiro atoms. The Balaban J connectivity index is 1.58. The summed E-state index contributed by atoms with van der Waals surface area (Å²) in [6, 6.07) is 15.9. The molecule has 10 heteroatoms. The summed E-state index contributed by atoms with van der Waals surface area (Å²) in [7, 11) is 0. The predicted molar refractivity (Wildman–Crippen MR) is 192 cm³/mol. The summed E-state index contributed by atoms with van der Waals surface area (Å²) in [5.74, 6) is -1.94. The van der Waals surface area contributed by atoms with Gasteiger partial charge < -0.3 is 24.7 Å². The van der Waals surface area contributed by atoms with Crippen LogP contribution in [0.15, 0.2) is 79.9 Å². The zero-order valence-corrected chi connectivity index (χ0v) is 29.3. The first-order chi connectivity index (χ1) is 22.2. The molecule has 3 saturated heterocycles. The maximum Gasteiger partial charge on any atom is 0.251 e. The zero-order valence-electron chi connectivity index (χ0n) is 26.9. The van der Waals surface area contributed by atoms with Crippen molar-refractivity contribution in [3.63, 3.8) is 0 Å². The Morgan fingerprint density at radius 2 is 1.54 bits per heavy atom. The number of alkyl halides is 1. The minimum atomic E-state index is -0.859. The van der Waals surface area contributed by atoms with Crippen LogP contribution >= 0.6 is 27.7 Å². The summed E-state index contributed by atoms with van der Waals surface area (Å²) >= 11 is 5.48. The van der Waals surface area contributed by atoms with Gasteiger partial charge in [-0.1, -0.05) is 53.2 Å². The highest BCUT2D eigenvalue weighted by molar-refractivity contribution is 9.09. The molecule has 2 aromatic carbocycles. The van der Waals surface area contributed by atoms with Crippen LogP contribution in [0.3, 0.4) is 0 Å². The number of anilines is 3. The van der Waals surface area contributed by atoms with Gasteiger partial charge in [-0.15, -0.1) is 24.9 Å². The molecule has 3 aliphatic heterocycles. The lowest BCUT2D eigenvalue weighted by Gasteiger charge is -2.40. The molecule has 2 aromatic rings. The smallest absolute Gasteiger partial charge is 0.251 e. The quantitative estimate of drug-likeness (QED) is 0.206. The Kier molecular flexibility index (Phi) is 10.7. The number of para-hydroxylation sites is 1. The first-order valence-corrected chi connectivity index (χ1v) is 18.0. The lowest BCUT2D eigenvalue weighted by atomic mass is 9.70. The number of aliphatic hydroxyl groups excluding tert-OH is 1. The van der Waals surface area contributed by atoms with Gasteiger partial charge in [-0.2, -0.15) is 0 Å². The number of carbonyl (C=O) groups is 3. The first-order valence-electron chi connectivity index (χ1n) is 16.2. The average molecular weight is 710 g/mol. The highest BCUT2D eigenvalue weighted by Gasteiger charge is 2.76. The Labute approximate surface area is 285 Å². The van der Waals surface area contributed by atoms with E-state index < -0.39 is 28.7 Å². The fourth-order valence-corrected chi connectivity index (χ4v) is 11.3. The normalized spacial score (nSPS) is 26.8. The molecule has 46 heavy (non-hydrogen) atoms. The monoisotopic (exact) mass is 708 g/mol. The van der Waals surface area contributed by atoms with Crippen LogP contribution in [0.1, 0.15) is 33.6 Å². The van der Waals surface area contributed by atoms with Crippen molar-refractivity contribution in [1.82, 2.24) is 4.90 Å². The molecule has 3 amide bonds. The summed E-state index contributed by atoms with van der Waals surface area (Å²) in [4.78, 5) is 51.4. The van der Waals surface area contributed by atoms with E-state index in [4.69, 9.17) is 0 Å². The van der Waals surface area contributed by atoms with Gasteiger partial charge in [0.2, 0.25) is 11.8 Å². The number of amides is 3. The summed E-state index contributed by atoms with van der Waals surface area (Å²) in [5, 5.41) is 10.3. The molecule has 3 unspecified atom stereocenters. The summed E-state index contributed by atoms with van der Waals surface area (Å²) in [5.41, 5.74) is 2.52. The van der Waals surface area contributed by atoms with E-state index in [9.17, 15) is 19.5 Å². The van der Waals surface area contributed by atoms with E-state index in [2.05, 4.69) is 47.8 Å². The van der Waals surface area contributed by atoms with Crippen LogP contribution in [-0.4, -0.2) is 87.4 Å². The number of hydrogen-bond donors (Lipinski definition) is 1. The molecular weight excluding hydrogens is 664 g/mol. The molecule has 8 nitrogen and oxygen atoms in total. The van der Waals surface area contributed by atoms with E-state index in [1.807, 2.05) is 61.5 Å². The van der Waals surface area contributed by atoms with Gasteiger partial charge in [-0.05, 0) is 63.1 Å². The number of nitrogens with zero attached hydrogens (tertiary/aromatic N) is 4. The minimum Gasteiger partial charge on any atom is -0.394 e. The van der Waals surface area contributed by atoms with E-state index >= 15 is 0 Å². The molecule has 3 fully saturated rings. The fraction of sp³-hybridized carbons (Fsp3) is 0.472. The van der Waals surface area contributed by atoms with Crippen molar-refractivity contribution in [2.75, 3.05) is 47.5 Å². The second-order valence-electron chi connectivity index (χ2n) is 12.2. The van der Waals surface area contributed by atoms with Gasteiger partial charge in [0.05, 0.1) is 29.2 Å². The van der Waals surface area contributed by atoms with Gasteiger partial charge in [0, 0.05) is 53.3 Å². The zero-order chi connectivity index (χ0) is 33.2. The number of carbonyl (C=O) groups excluding carboxylic acids is 3. The Morgan fingerprint density at radius 3 is 2.09 bits per heavy atom. The molecule has 3 aliphatic rings. The largest absolute Gasteiger partial charge is 0.394 e. The SMILES string of the molecule is C=CCN(C(=O)C1N([C@@H](CC)CO)C(=O)[C@@H]2[C@H](C(=O)N(CC=C)c3ccccc3)[C@H]3SC12CC3Br)c1ccc(N(CC)CC)cc1. The molecule has 0 radical (unpaired) electrons. The molecule has 246 valence electrons. The lowest BCUT2D eigenvalue weighted by molar-refractivity contribution is -0.141. The molecule has 0 saturated carbocycles. The number of hydrogen-bond acceptors (Lipinski definition) is 6. The van der Waals surface area contributed by atoms with Crippen molar-refractivity contribution in [2.45, 2.75) is 60.5 Å². The third kappa shape index (κ3) is 5.70. The topological polar surface area (TPSA) is 84.4 Å². The summed E-state index contributed by atoms with van der Waals surface area (Å²) in [6.45, 7) is 16.0. The van der Waals surface area contributed by atoms with Crippen LogP contribution in [-0.2, 0) is 14.4 Å². The molecule has 0 aliphatic carbocycles. The maximum atomic E-state index is 15.0. The Morgan fingerprint density at radius 1 is 0.978 bits per heavy atom. The third-order valence-corrected chi connectivity index (χ3v) is 13.1. The van der Waals surface area contributed by atoms with E-state index in [1.54, 1.807) is 38.6 Å². The van der Waals surface area contributed by atoms with Crippen molar-refractivity contribution in [3.8, 4) is 0 Å². The predicted octanol–water partition coefficient (Wildman–Crippen LogP) is 5.51. The van der Waals surface area contributed by atoms with Gasteiger partial charge in [-0.25, -0.2) is 0 Å². The maximum absolute atomic E-state index is 15.0. The van der Waals surface area contributed by atoms with Gasteiger partial charge in [-0.3, -0.25) is 14.4 Å². The summed E-state index contributed by atoms with van der Waals surface area (Å²) in [6.07, 6.45) is 4.43. The van der Waals surface area contributed by atoms with Crippen molar-refractivity contribution < 1.29 is 19.5 Å².